The fraction of sp³-hybridized carbons (Fsp3) is 0.174. The highest BCUT2D eigenvalue weighted by molar-refractivity contribution is 8.00. The summed E-state index contributed by atoms with van der Waals surface area (Å²) in [6.45, 7) is 0. The number of benzene rings is 3. The number of nitro groups is 1. The van der Waals surface area contributed by atoms with Crippen LogP contribution in [0.1, 0.15) is 16.5 Å². The summed E-state index contributed by atoms with van der Waals surface area (Å²) in [6, 6.07) is 13.6. The number of ether oxygens (including phenoxy) is 2. The molecule has 3 aromatic carbocycles. The number of hydrogen-bond acceptors (Lipinski definition) is 6. The van der Waals surface area contributed by atoms with Crippen LogP contribution in [0.2, 0.25) is 5.02 Å². The Balaban J connectivity index is 1.66. The van der Waals surface area contributed by atoms with Crippen LogP contribution >= 0.6 is 23.4 Å². The molecule has 182 valence electrons. The molecule has 1 atom stereocenters. The molecule has 0 N–H and O–H groups in total. The molecule has 1 saturated heterocycles. The van der Waals surface area contributed by atoms with Crippen LogP contribution in [0.25, 0.3) is 0 Å². The lowest BCUT2D eigenvalue weighted by Gasteiger charge is -2.25. The Bertz CT molecular complexity index is 1290. The van der Waals surface area contributed by atoms with Crippen molar-refractivity contribution in [2.75, 3.05) is 17.8 Å². The number of nitrogens with zero attached hydrogens (tertiary/aromatic N) is 2. The van der Waals surface area contributed by atoms with E-state index in [4.69, 9.17) is 21.1 Å². The Kier molecular flexibility index (Phi) is 6.82. The molecular formula is C23H16ClF3N2O5S. The minimum atomic E-state index is -4.74. The molecule has 0 spiro atoms. The van der Waals surface area contributed by atoms with Gasteiger partial charge in [-0.15, -0.1) is 11.8 Å². The number of nitro benzene ring substituents is 1. The Labute approximate surface area is 206 Å². The summed E-state index contributed by atoms with van der Waals surface area (Å²) < 4.78 is 49.9. The smallest absolute Gasteiger partial charge is 0.416 e. The first kappa shape index (κ1) is 24.7. The molecule has 0 aromatic heterocycles. The zero-order chi connectivity index (χ0) is 25.3. The van der Waals surface area contributed by atoms with Crippen molar-refractivity contribution < 1.29 is 32.4 Å². The lowest BCUT2D eigenvalue weighted by molar-refractivity contribution is -0.385. The van der Waals surface area contributed by atoms with Crippen molar-refractivity contribution in [1.82, 2.24) is 0 Å². The normalized spacial score (nSPS) is 15.9. The van der Waals surface area contributed by atoms with Gasteiger partial charge in [-0.25, -0.2) is 0 Å². The molecule has 1 fully saturated rings. The van der Waals surface area contributed by atoms with E-state index in [0.717, 1.165) is 6.07 Å². The molecule has 12 heteroatoms. The van der Waals surface area contributed by atoms with Crippen LogP contribution < -0.4 is 14.4 Å². The fourth-order valence-corrected chi connectivity index (χ4v) is 4.81. The third kappa shape index (κ3) is 5.15. The zero-order valence-corrected chi connectivity index (χ0v) is 19.5. The van der Waals surface area contributed by atoms with Crippen molar-refractivity contribution in [2.24, 2.45) is 0 Å². The van der Waals surface area contributed by atoms with E-state index in [0.29, 0.717) is 28.4 Å². The van der Waals surface area contributed by atoms with Crippen molar-refractivity contribution in [3.63, 3.8) is 0 Å². The highest BCUT2D eigenvalue weighted by atomic mass is 35.5. The van der Waals surface area contributed by atoms with Gasteiger partial charge in [-0.2, -0.15) is 13.2 Å². The van der Waals surface area contributed by atoms with Gasteiger partial charge in [0.1, 0.15) is 5.37 Å². The van der Waals surface area contributed by atoms with E-state index in [2.05, 4.69) is 0 Å². The van der Waals surface area contributed by atoms with Gasteiger partial charge in [-0.3, -0.25) is 19.8 Å². The average Bonchev–Trinajstić information content (AvgIpc) is 3.20. The summed E-state index contributed by atoms with van der Waals surface area (Å²) in [4.78, 5) is 24.6. The number of methoxy groups -OCH3 is 1. The molecule has 1 aliphatic heterocycles. The Hall–Kier alpha value is -3.44. The number of halogens is 4. The van der Waals surface area contributed by atoms with E-state index in [-0.39, 0.29) is 34.3 Å². The van der Waals surface area contributed by atoms with E-state index in [1.54, 1.807) is 41.3 Å². The number of anilines is 1. The summed E-state index contributed by atoms with van der Waals surface area (Å²) in [7, 11) is 1.36. The summed E-state index contributed by atoms with van der Waals surface area (Å²) in [6.07, 6.45) is -4.74. The van der Waals surface area contributed by atoms with Crippen LogP contribution in [0, 0.1) is 10.1 Å². The minimum Gasteiger partial charge on any atom is -0.493 e. The molecule has 1 heterocycles. The average molecular weight is 525 g/mol. The maximum atomic E-state index is 13.0. The number of alkyl halides is 3. The number of rotatable bonds is 6. The Morgan fingerprint density at radius 2 is 1.74 bits per heavy atom. The van der Waals surface area contributed by atoms with Crippen LogP contribution in [0.5, 0.6) is 17.2 Å². The first-order valence-corrected chi connectivity index (χ1v) is 11.4. The number of amides is 1. The molecule has 7 nitrogen and oxygen atoms in total. The monoisotopic (exact) mass is 524 g/mol. The first-order valence-electron chi connectivity index (χ1n) is 9.99. The highest BCUT2D eigenvalue weighted by Crippen LogP contribution is 2.45. The molecule has 0 radical (unpaired) electrons. The van der Waals surface area contributed by atoms with E-state index < -0.39 is 22.4 Å². The van der Waals surface area contributed by atoms with Crippen molar-refractivity contribution in [1.29, 1.82) is 0 Å². The van der Waals surface area contributed by atoms with Gasteiger partial charge in [0.25, 0.3) is 0 Å². The molecule has 4 rings (SSSR count). The van der Waals surface area contributed by atoms with Crippen LogP contribution in [-0.4, -0.2) is 23.7 Å². The third-order valence-electron chi connectivity index (χ3n) is 5.15. The van der Waals surface area contributed by atoms with Crippen molar-refractivity contribution in [3.05, 3.63) is 86.9 Å². The lowest BCUT2D eigenvalue weighted by Crippen LogP contribution is -2.27. The van der Waals surface area contributed by atoms with Gasteiger partial charge in [0.15, 0.2) is 11.5 Å². The van der Waals surface area contributed by atoms with Crippen LogP contribution in [0.4, 0.5) is 24.5 Å². The molecule has 0 bridgehead atoms. The van der Waals surface area contributed by atoms with E-state index in [1.165, 1.54) is 24.9 Å². The molecule has 1 amide bonds. The lowest BCUT2D eigenvalue weighted by atomic mass is 10.1. The summed E-state index contributed by atoms with van der Waals surface area (Å²) >= 11 is 7.36. The first-order chi connectivity index (χ1) is 16.6. The zero-order valence-electron chi connectivity index (χ0n) is 17.9. The van der Waals surface area contributed by atoms with Gasteiger partial charge < -0.3 is 9.47 Å². The Morgan fingerprint density at radius 3 is 2.37 bits per heavy atom. The highest BCUT2D eigenvalue weighted by Gasteiger charge is 2.35. The SMILES string of the molecule is COc1cc([C@@H]2SCC(=O)N2c2ccc(Cl)cc2)ccc1Oc1ccc(C(F)(F)F)cc1[N+](=O)[O-]. The van der Waals surface area contributed by atoms with Crippen LogP contribution in [0.3, 0.4) is 0 Å². The minimum absolute atomic E-state index is 0.0616. The predicted molar refractivity (Wildman–Crippen MR) is 125 cm³/mol. The van der Waals surface area contributed by atoms with Crippen LogP contribution in [-0.2, 0) is 11.0 Å². The summed E-state index contributed by atoms with van der Waals surface area (Å²) in [5.41, 5.74) is -0.642. The second kappa shape index (κ2) is 9.67. The molecule has 35 heavy (non-hydrogen) atoms. The topological polar surface area (TPSA) is 81.9 Å². The maximum absolute atomic E-state index is 13.0. The molecule has 0 unspecified atom stereocenters. The third-order valence-corrected chi connectivity index (χ3v) is 6.61. The molecule has 0 aliphatic carbocycles. The quantitative estimate of drug-likeness (QED) is 0.259. The second-order valence-electron chi connectivity index (χ2n) is 7.35. The van der Waals surface area contributed by atoms with Crippen molar-refractivity contribution >= 4 is 40.6 Å². The van der Waals surface area contributed by atoms with Crippen LogP contribution in [0.15, 0.2) is 60.7 Å². The molecule has 3 aromatic rings. The van der Waals surface area contributed by atoms with E-state index in [9.17, 15) is 28.1 Å². The maximum Gasteiger partial charge on any atom is 0.416 e. The number of hydrogen-bond donors (Lipinski definition) is 0. The van der Waals surface area contributed by atoms with Crippen molar-refractivity contribution in [2.45, 2.75) is 11.6 Å². The van der Waals surface area contributed by atoms with E-state index in [1.807, 2.05) is 0 Å². The number of carbonyl (C=O) groups excluding carboxylic acids is 1. The van der Waals surface area contributed by atoms with Gasteiger partial charge in [-0.1, -0.05) is 17.7 Å². The number of thioether (sulfide) groups is 1. The van der Waals surface area contributed by atoms with Gasteiger partial charge in [0.05, 0.1) is 23.3 Å². The fourth-order valence-electron chi connectivity index (χ4n) is 3.51. The summed E-state index contributed by atoms with van der Waals surface area (Å²) in [5, 5.41) is 11.5. The largest absolute Gasteiger partial charge is 0.493 e. The number of carbonyl (C=O) groups is 1. The van der Waals surface area contributed by atoms with Gasteiger partial charge in [0, 0.05) is 16.8 Å². The second-order valence-corrected chi connectivity index (χ2v) is 8.86. The Morgan fingerprint density at radius 1 is 1.06 bits per heavy atom. The standard InChI is InChI=1S/C23H16ClF3N2O5S/c1-33-20-10-13(22-28(21(30)12-35-22)16-6-4-15(24)5-7-16)2-8-19(20)34-18-9-3-14(23(25,26)27)11-17(18)29(31)32/h2-11,22H,12H2,1H3/t22-/m0/s1. The molecule has 0 saturated carbocycles. The predicted octanol–water partition coefficient (Wildman–Crippen LogP) is 6.85. The molecular weight excluding hydrogens is 509 g/mol. The van der Waals surface area contributed by atoms with Gasteiger partial charge >= 0.3 is 11.9 Å². The van der Waals surface area contributed by atoms with Crippen molar-refractivity contribution in [3.8, 4) is 17.2 Å². The van der Waals surface area contributed by atoms with E-state index >= 15 is 0 Å². The van der Waals surface area contributed by atoms with Gasteiger partial charge in [0.2, 0.25) is 11.7 Å². The summed E-state index contributed by atoms with van der Waals surface area (Å²) in [5.74, 6) is 0.0365. The molecule has 1 aliphatic rings. The van der Waals surface area contributed by atoms with Gasteiger partial charge in [-0.05, 0) is 54.1 Å².